The first-order valence-electron chi connectivity index (χ1n) is 13.1. The van der Waals surface area contributed by atoms with Gasteiger partial charge in [0.1, 0.15) is 29.5 Å². The summed E-state index contributed by atoms with van der Waals surface area (Å²) in [5.41, 5.74) is 1.56. The molecule has 0 spiro atoms. The number of anilines is 2. The zero-order valence-corrected chi connectivity index (χ0v) is 24.2. The maximum Gasteiger partial charge on any atom is 0.282 e. The van der Waals surface area contributed by atoms with Gasteiger partial charge in [0.05, 0.1) is 12.6 Å². The van der Waals surface area contributed by atoms with Gasteiger partial charge in [0.2, 0.25) is 5.88 Å². The highest BCUT2D eigenvalue weighted by atomic mass is 32.2. The number of hydrogen-bond acceptors (Lipinski definition) is 8. The largest absolute Gasteiger partial charge is 0.480 e. The maximum atomic E-state index is 14.3. The van der Waals surface area contributed by atoms with Gasteiger partial charge in [0, 0.05) is 42.3 Å². The summed E-state index contributed by atoms with van der Waals surface area (Å²) in [6, 6.07) is 8.96. The predicted octanol–water partition coefficient (Wildman–Crippen LogP) is 4.69. The Labute approximate surface area is 245 Å². The number of nitrogens with zero attached hydrogens (tertiary/aromatic N) is 5. The number of rotatable bonds is 7. The molecule has 2 atom stereocenters. The summed E-state index contributed by atoms with van der Waals surface area (Å²) < 4.78 is 75.5. The molecule has 1 fully saturated rings. The van der Waals surface area contributed by atoms with E-state index in [1.807, 2.05) is 18.7 Å². The van der Waals surface area contributed by atoms with Crippen molar-refractivity contribution in [1.82, 2.24) is 19.9 Å². The molecule has 1 amide bonds. The van der Waals surface area contributed by atoms with Crippen molar-refractivity contribution < 1.29 is 31.1 Å². The summed E-state index contributed by atoms with van der Waals surface area (Å²) in [6.45, 7) is 7.47. The zero-order valence-electron chi connectivity index (χ0n) is 23.4. The molecule has 2 aromatic carbocycles. The number of ether oxygens (including phenoxy) is 1. The summed E-state index contributed by atoms with van der Waals surface area (Å²) in [5, 5.41) is 0.667. The number of nitrogens with one attached hydrogen (secondary N) is 1. The number of carbonyl (C=O) groups excluding carboxylic acids is 1. The van der Waals surface area contributed by atoms with Crippen LogP contribution in [0.1, 0.15) is 13.8 Å². The Bertz CT molecular complexity index is 1840. The highest BCUT2D eigenvalue weighted by Gasteiger charge is 2.34. The Kier molecular flexibility index (Phi) is 7.97. The molecule has 43 heavy (non-hydrogen) atoms. The number of fused-ring (bicyclic) bond motifs is 1. The Hall–Kier alpha value is -4.72. The van der Waals surface area contributed by atoms with Crippen LogP contribution in [0.5, 0.6) is 5.88 Å². The fourth-order valence-electron chi connectivity index (χ4n) is 5.09. The first-order valence-corrected chi connectivity index (χ1v) is 14.6. The molecule has 3 heterocycles. The van der Waals surface area contributed by atoms with Crippen molar-refractivity contribution in [3.05, 3.63) is 79.0 Å². The molecular weight excluding hydrogens is 585 g/mol. The number of pyridine rings is 1. The van der Waals surface area contributed by atoms with Gasteiger partial charge in [-0.15, -0.1) is 0 Å². The average molecular weight is 613 g/mol. The monoisotopic (exact) mass is 612 g/mol. The predicted molar refractivity (Wildman–Crippen MR) is 155 cm³/mol. The van der Waals surface area contributed by atoms with Gasteiger partial charge < -0.3 is 14.5 Å². The van der Waals surface area contributed by atoms with Crippen LogP contribution in [-0.4, -0.2) is 66.5 Å². The van der Waals surface area contributed by atoms with Gasteiger partial charge in [-0.1, -0.05) is 18.7 Å². The second kappa shape index (κ2) is 11.5. The fourth-order valence-corrected chi connectivity index (χ4v) is 6.28. The van der Waals surface area contributed by atoms with Gasteiger partial charge in [0.25, 0.3) is 15.9 Å². The molecule has 1 aliphatic heterocycles. The van der Waals surface area contributed by atoms with Crippen LogP contribution in [-0.2, 0) is 14.8 Å². The number of piperazine rings is 1. The molecule has 2 aromatic heterocycles. The van der Waals surface area contributed by atoms with E-state index in [-0.39, 0.29) is 30.2 Å². The summed E-state index contributed by atoms with van der Waals surface area (Å²) in [5.74, 6) is -3.78. The van der Waals surface area contributed by atoms with Crippen molar-refractivity contribution in [2.24, 2.45) is 0 Å². The SMILES string of the molecule is C=C(F)C(=O)N1C[C@H](C)N(c2ncnc3ccc(-c4cnc(OC)c(NS(=O)(=O)c5c(F)cccc5F)c4)cc23)C[C@H]1C. The van der Waals surface area contributed by atoms with Gasteiger partial charge in [-0.2, -0.15) is 0 Å². The van der Waals surface area contributed by atoms with E-state index in [9.17, 15) is 26.4 Å². The summed E-state index contributed by atoms with van der Waals surface area (Å²) >= 11 is 0. The van der Waals surface area contributed by atoms with Crippen LogP contribution in [0.4, 0.5) is 24.7 Å². The van der Waals surface area contributed by atoms with E-state index < -0.39 is 38.3 Å². The van der Waals surface area contributed by atoms with Crippen LogP contribution < -0.4 is 14.4 Å². The molecule has 4 aromatic rings. The molecule has 1 saturated heterocycles. The fraction of sp³-hybridized carbons (Fsp3) is 0.241. The molecule has 224 valence electrons. The van der Waals surface area contributed by atoms with Crippen molar-refractivity contribution in [3.63, 3.8) is 0 Å². The number of sulfonamides is 1. The maximum absolute atomic E-state index is 14.3. The highest BCUT2D eigenvalue weighted by molar-refractivity contribution is 7.92. The lowest BCUT2D eigenvalue weighted by molar-refractivity contribution is -0.131. The smallest absolute Gasteiger partial charge is 0.282 e. The zero-order chi connectivity index (χ0) is 31.1. The number of aromatic nitrogens is 3. The number of benzene rings is 2. The third-order valence-corrected chi connectivity index (χ3v) is 8.59. The lowest BCUT2D eigenvalue weighted by atomic mass is 10.0. The third kappa shape index (κ3) is 5.69. The number of hydrogen-bond donors (Lipinski definition) is 1. The molecule has 0 bridgehead atoms. The van der Waals surface area contributed by atoms with E-state index in [4.69, 9.17) is 4.74 Å². The van der Waals surface area contributed by atoms with Gasteiger partial charge >= 0.3 is 0 Å². The molecule has 0 unspecified atom stereocenters. The van der Waals surface area contributed by atoms with Crippen molar-refractivity contribution in [1.29, 1.82) is 0 Å². The van der Waals surface area contributed by atoms with Gasteiger partial charge in [-0.3, -0.25) is 9.52 Å². The number of methoxy groups -OCH3 is 1. The first-order chi connectivity index (χ1) is 20.4. The standard InChI is InChI=1S/C29H27F3N6O4S/c1-16-14-38(29(39)18(3)30)17(2)13-37(16)27-21-10-19(8-9-24(21)34-15-35-27)20-11-25(28(42-4)33-12-20)36-43(40,41)26-22(31)6-5-7-23(26)32/h5-12,15-17,36H,3,13-14H2,1-2,4H3/t16-,17+/m0/s1. The van der Waals surface area contributed by atoms with Crippen LogP contribution in [0.15, 0.2) is 72.3 Å². The number of amides is 1. The lowest BCUT2D eigenvalue weighted by Crippen LogP contribution is -2.58. The molecule has 0 radical (unpaired) electrons. The number of carbonyl (C=O) groups is 1. The lowest BCUT2D eigenvalue weighted by Gasteiger charge is -2.44. The van der Waals surface area contributed by atoms with Gasteiger partial charge in [0.15, 0.2) is 10.7 Å². The van der Waals surface area contributed by atoms with Gasteiger partial charge in [-0.25, -0.2) is 36.5 Å². The van der Waals surface area contributed by atoms with E-state index in [1.165, 1.54) is 30.6 Å². The molecule has 1 N–H and O–H groups in total. The molecule has 0 aliphatic carbocycles. The Morgan fingerprint density at radius 1 is 1.02 bits per heavy atom. The Morgan fingerprint density at radius 3 is 2.42 bits per heavy atom. The molecule has 14 heteroatoms. The van der Waals surface area contributed by atoms with Crippen LogP contribution in [0.3, 0.4) is 0 Å². The second-order valence-electron chi connectivity index (χ2n) is 10.1. The normalized spacial score (nSPS) is 17.2. The van der Waals surface area contributed by atoms with E-state index in [0.29, 0.717) is 34.4 Å². The first kappa shape index (κ1) is 29.8. The Morgan fingerprint density at radius 2 is 1.74 bits per heavy atom. The summed E-state index contributed by atoms with van der Waals surface area (Å²) in [7, 11) is -3.41. The van der Waals surface area contributed by atoms with E-state index in [0.717, 1.165) is 18.2 Å². The highest BCUT2D eigenvalue weighted by Crippen LogP contribution is 2.35. The number of halogens is 3. The topological polar surface area (TPSA) is 118 Å². The molecule has 1 aliphatic rings. The summed E-state index contributed by atoms with van der Waals surface area (Å²) in [6.07, 6.45) is 2.89. The minimum atomic E-state index is -4.69. The minimum absolute atomic E-state index is 0.111. The van der Waals surface area contributed by atoms with Crippen LogP contribution in [0, 0.1) is 11.6 Å². The van der Waals surface area contributed by atoms with Crippen LogP contribution >= 0.6 is 0 Å². The summed E-state index contributed by atoms with van der Waals surface area (Å²) in [4.78, 5) is 27.7. The van der Waals surface area contributed by atoms with Crippen molar-refractivity contribution in [2.45, 2.75) is 30.8 Å². The third-order valence-electron chi connectivity index (χ3n) is 7.18. The molecular formula is C29H27F3N6O4S. The molecule has 0 saturated carbocycles. The van der Waals surface area contributed by atoms with E-state index in [2.05, 4.69) is 26.3 Å². The van der Waals surface area contributed by atoms with Crippen LogP contribution in [0.25, 0.3) is 22.0 Å². The Balaban J connectivity index is 1.52. The van der Waals surface area contributed by atoms with E-state index >= 15 is 0 Å². The van der Waals surface area contributed by atoms with Crippen molar-refractivity contribution in [2.75, 3.05) is 29.8 Å². The van der Waals surface area contributed by atoms with Gasteiger partial charge in [-0.05, 0) is 49.7 Å². The second-order valence-corrected chi connectivity index (χ2v) is 11.7. The molecule has 5 rings (SSSR count). The van der Waals surface area contributed by atoms with E-state index in [1.54, 1.807) is 18.2 Å². The molecule has 10 nitrogen and oxygen atoms in total. The quantitative estimate of drug-likeness (QED) is 0.299. The minimum Gasteiger partial charge on any atom is -0.480 e. The van der Waals surface area contributed by atoms with Crippen molar-refractivity contribution in [3.8, 4) is 17.0 Å². The van der Waals surface area contributed by atoms with Crippen LogP contribution in [0.2, 0.25) is 0 Å². The van der Waals surface area contributed by atoms with Crippen molar-refractivity contribution >= 4 is 38.3 Å². The average Bonchev–Trinajstić information content (AvgIpc) is 2.96.